The van der Waals surface area contributed by atoms with Crippen molar-refractivity contribution in [3.63, 3.8) is 0 Å². The van der Waals surface area contributed by atoms with Gasteiger partial charge < -0.3 is 9.64 Å². The van der Waals surface area contributed by atoms with E-state index in [2.05, 4.69) is 24.9 Å². The van der Waals surface area contributed by atoms with Gasteiger partial charge in [0.15, 0.2) is 10.0 Å². The largest absolute Gasteiger partial charge is 0.378 e. The van der Waals surface area contributed by atoms with Crippen molar-refractivity contribution < 1.29 is 21.9 Å². The summed E-state index contributed by atoms with van der Waals surface area (Å²) < 4.78 is 62.2. The van der Waals surface area contributed by atoms with Crippen molar-refractivity contribution in [1.82, 2.24) is 24.7 Å². The summed E-state index contributed by atoms with van der Waals surface area (Å²) in [4.78, 5) is 5.41. The lowest BCUT2D eigenvalue weighted by molar-refractivity contribution is 0.123. The number of hydrogen-bond acceptors (Lipinski definition) is 8. The minimum Gasteiger partial charge on any atom is -0.378 e. The van der Waals surface area contributed by atoms with Crippen LogP contribution < -0.4 is 9.62 Å². The Morgan fingerprint density at radius 3 is 2.61 bits per heavy atom. The normalized spacial score (nSPS) is 18.1. The number of halogens is 2. The summed E-state index contributed by atoms with van der Waals surface area (Å²) in [6.07, 6.45) is -1.86. The minimum absolute atomic E-state index is 0.0285. The summed E-state index contributed by atoms with van der Waals surface area (Å²) in [6.45, 7) is 9.38. The van der Waals surface area contributed by atoms with Gasteiger partial charge in [0.2, 0.25) is 10.0 Å². The number of sulfonamides is 1. The molecule has 0 bridgehead atoms. The summed E-state index contributed by atoms with van der Waals surface area (Å²) in [5, 5.41) is 12.1. The van der Waals surface area contributed by atoms with Crippen LogP contribution in [0.15, 0.2) is 17.0 Å². The van der Waals surface area contributed by atoms with E-state index in [9.17, 15) is 17.2 Å². The van der Waals surface area contributed by atoms with Gasteiger partial charge in [0, 0.05) is 25.5 Å². The average Bonchev–Trinajstić information content (AvgIpc) is 3.23. The number of nitrogens with one attached hydrogen (secondary N) is 1. The molecule has 1 aromatic carbocycles. The highest BCUT2D eigenvalue weighted by atomic mass is 32.2. The first-order chi connectivity index (χ1) is 15.7. The first kappa shape index (κ1) is 22.1. The average molecular weight is 496 g/mol. The SMILES string of the molecule is [C-]#[N+]C1(NS(=O)(=O)c2cc(N3CCOCC3)c3c(c2)c(-c2nnc(C(F)F)s2)nn3C)CC1. The summed E-state index contributed by atoms with van der Waals surface area (Å²) in [5.41, 5.74) is 0.445. The van der Waals surface area contributed by atoms with Crippen molar-refractivity contribution >= 4 is 38.0 Å². The van der Waals surface area contributed by atoms with Crippen LogP contribution in [0.4, 0.5) is 14.5 Å². The highest BCUT2D eigenvalue weighted by Crippen LogP contribution is 2.41. The standard InChI is InChI=1S/C19H19F2N7O3S2/c1-22-19(3-4-19)26-33(29,30)11-9-12-14(17-23-24-18(32-17)16(20)21)25-27(2)15(12)13(10-11)28-5-7-31-8-6-28/h9-10,16,26H,3-8H2,2H3. The number of benzene rings is 1. The molecular formula is C19H19F2N7O3S2. The number of ether oxygens (including phenoxy) is 1. The maximum absolute atomic E-state index is 13.2. The molecule has 33 heavy (non-hydrogen) atoms. The first-order valence-corrected chi connectivity index (χ1v) is 12.4. The van der Waals surface area contributed by atoms with Crippen LogP contribution in [0.25, 0.3) is 26.4 Å². The molecule has 0 unspecified atom stereocenters. The minimum atomic E-state index is -4.03. The van der Waals surface area contributed by atoms with Crippen LogP contribution in [0.5, 0.6) is 0 Å². The van der Waals surface area contributed by atoms with Gasteiger partial charge in [-0.05, 0) is 12.1 Å². The number of aromatic nitrogens is 4. The van der Waals surface area contributed by atoms with Crippen molar-refractivity contribution in [3.05, 3.63) is 28.6 Å². The van der Waals surface area contributed by atoms with E-state index in [-0.39, 0.29) is 15.6 Å². The maximum atomic E-state index is 13.2. The Hall–Kier alpha value is -2.73. The van der Waals surface area contributed by atoms with Crippen molar-refractivity contribution in [3.8, 4) is 10.7 Å². The zero-order valence-electron chi connectivity index (χ0n) is 17.5. The van der Waals surface area contributed by atoms with Crippen LogP contribution in [-0.2, 0) is 21.8 Å². The molecule has 1 saturated heterocycles. The Balaban J connectivity index is 1.70. The molecule has 0 radical (unpaired) electrons. The molecule has 1 N–H and O–H groups in total. The lowest BCUT2D eigenvalue weighted by atomic mass is 10.1. The first-order valence-electron chi connectivity index (χ1n) is 10.1. The molecule has 0 spiro atoms. The van der Waals surface area contributed by atoms with Crippen LogP contribution in [0, 0.1) is 6.57 Å². The highest BCUT2D eigenvalue weighted by molar-refractivity contribution is 7.89. The molecule has 174 valence electrons. The van der Waals surface area contributed by atoms with E-state index in [0.29, 0.717) is 67.1 Å². The van der Waals surface area contributed by atoms with Crippen LogP contribution >= 0.6 is 11.3 Å². The lowest BCUT2D eigenvalue weighted by Gasteiger charge is -2.30. The molecule has 2 aliphatic rings. The van der Waals surface area contributed by atoms with Crippen molar-refractivity contribution in [2.45, 2.75) is 29.8 Å². The van der Waals surface area contributed by atoms with Crippen molar-refractivity contribution in [2.75, 3.05) is 31.2 Å². The Kier molecular flexibility index (Phi) is 5.31. The van der Waals surface area contributed by atoms with Gasteiger partial charge in [-0.3, -0.25) is 9.53 Å². The predicted octanol–water partition coefficient (Wildman–Crippen LogP) is 2.55. The summed E-state index contributed by atoms with van der Waals surface area (Å²) in [6, 6.07) is 3.01. The second-order valence-electron chi connectivity index (χ2n) is 7.91. The number of anilines is 1. The molecule has 3 aromatic rings. The third-order valence-corrected chi connectivity index (χ3v) is 8.09. The van der Waals surface area contributed by atoms with E-state index in [1.54, 1.807) is 17.8 Å². The topological polar surface area (TPSA) is 107 Å². The van der Waals surface area contributed by atoms with Gasteiger partial charge in [-0.25, -0.2) is 23.8 Å². The Bertz CT molecular complexity index is 1370. The number of rotatable bonds is 6. The van der Waals surface area contributed by atoms with E-state index in [0.717, 1.165) is 0 Å². The van der Waals surface area contributed by atoms with Gasteiger partial charge in [-0.1, -0.05) is 11.3 Å². The fraction of sp³-hybridized carbons (Fsp3) is 0.474. The Labute approximate surface area is 192 Å². The molecule has 0 atom stereocenters. The number of alkyl halides is 2. The summed E-state index contributed by atoms with van der Waals surface area (Å²) in [5.74, 6) is 0. The molecule has 2 fully saturated rings. The van der Waals surface area contributed by atoms with Crippen LogP contribution in [0.3, 0.4) is 0 Å². The van der Waals surface area contributed by atoms with Gasteiger partial charge in [-0.2, -0.15) is 5.10 Å². The highest BCUT2D eigenvalue weighted by Gasteiger charge is 2.54. The van der Waals surface area contributed by atoms with E-state index in [1.807, 2.05) is 4.90 Å². The van der Waals surface area contributed by atoms with E-state index < -0.39 is 27.1 Å². The molecule has 10 nitrogen and oxygen atoms in total. The lowest BCUT2D eigenvalue weighted by Crippen LogP contribution is -2.37. The van der Waals surface area contributed by atoms with E-state index in [4.69, 9.17) is 11.3 Å². The van der Waals surface area contributed by atoms with Gasteiger partial charge >= 0.3 is 0 Å². The second kappa shape index (κ2) is 7.94. The second-order valence-corrected chi connectivity index (χ2v) is 10.6. The number of fused-ring (bicyclic) bond motifs is 1. The maximum Gasteiger partial charge on any atom is 0.299 e. The molecule has 1 aliphatic carbocycles. The van der Waals surface area contributed by atoms with Crippen LogP contribution in [0.1, 0.15) is 24.3 Å². The third kappa shape index (κ3) is 3.95. The van der Waals surface area contributed by atoms with E-state index >= 15 is 0 Å². The fourth-order valence-corrected chi connectivity index (χ4v) is 5.91. The van der Waals surface area contributed by atoms with E-state index in [1.165, 1.54) is 6.07 Å². The fourth-order valence-electron chi connectivity index (χ4n) is 3.81. The molecule has 14 heteroatoms. The van der Waals surface area contributed by atoms with Crippen molar-refractivity contribution in [1.29, 1.82) is 0 Å². The number of aryl methyl sites for hydroxylation is 1. The molecule has 2 aromatic heterocycles. The monoisotopic (exact) mass is 495 g/mol. The number of nitrogens with zero attached hydrogens (tertiary/aromatic N) is 6. The molecule has 1 saturated carbocycles. The summed E-state index contributed by atoms with van der Waals surface area (Å²) in [7, 11) is -2.33. The van der Waals surface area contributed by atoms with Gasteiger partial charge in [0.1, 0.15) is 5.69 Å². The molecule has 3 heterocycles. The van der Waals surface area contributed by atoms with Gasteiger partial charge in [0.05, 0.1) is 42.2 Å². The van der Waals surface area contributed by atoms with Crippen LogP contribution in [-0.4, -0.2) is 60.4 Å². The quantitative estimate of drug-likeness (QED) is 0.524. The predicted molar refractivity (Wildman–Crippen MR) is 116 cm³/mol. The molecular weight excluding hydrogens is 476 g/mol. The number of hydrogen-bond donors (Lipinski definition) is 1. The zero-order chi connectivity index (χ0) is 23.4. The Morgan fingerprint density at radius 1 is 1.27 bits per heavy atom. The van der Waals surface area contributed by atoms with Gasteiger partial charge in [0.25, 0.3) is 12.1 Å². The third-order valence-electron chi connectivity index (χ3n) is 5.65. The smallest absolute Gasteiger partial charge is 0.299 e. The van der Waals surface area contributed by atoms with Crippen LogP contribution in [0.2, 0.25) is 0 Å². The Morgan fingerprint density at radius 2 is 2.00 bits per heavy atom. The zero-order valence-corrected chi connectivity index (χ0v) is 19.1. The molecule has 5 rings (SSSR count). The van der Waals surface area contributed by atoms with Crippen molar-refractivity contribution in [2.24, 2.45) is 7.05 Å². The molecule has 1 aliphatic heterocycles. The summed E-state index contributed by atoms with van der Waals surface area (Å²) >= 11 is 0.714. The molecule has 0 amide bonds. The number of morpholine rings is 1. The van der Waals surface area contributed by atoms with Gasteiger partial charge in [-0.15, -0.1) is 14.9 Å².